The first-order valence-corrected chi connectivity index (χ1v) is 13.1. The molecular formula is C24H19Cl3FN3O3S. The fourth-order valence-electron chi connectivity index (χ4n) is 3.59. The van der Waals surface area contributed by atoms with Crippen molar-refractivity contribution in [3.05, 3.63) is 92.8 Å². The molecule has 0 bridgehead atoms. The number of aromatic amines is 1. The SMILES string of the molecule is O=C(NCCCc1ccc(Cl)cc1)c1cccc(S(=O)(=O)Nc2ccc(Cl)c3c(Cl)c[nH]c23)c1F. The van der Waals surface area contributed by atoms with Crippen LogP contribution in [0.25, 0.3) is 10.9 Å². The Morgan fingerprint density at radius 1 is 0.971 bits per heavy atom. The van der Waals surface area contributed by atoms with Gasteiger partial charge in [-0.3, -0.25) is 9.52 Å². The van der Waals surface area contributed by atoms with Gasteiger partial charge in [-0.25, -0.2) is 12.8 Å². The fraction of sp³-hybridized carbons (Fsp3) is 0.125. The Bertz CT molecular complexity index is 1510. The maximum absolute atomic E-state index is 15.2. The number of hydrogen-bond donors (Lipinski definition) is 3. The molecule has 0 aliphatic heterocycles. The molecule has 0 unspecified atom stereocenters. The van der Waals surface area contributed by atoms with E-state index in [2.05, 4.69) is 15.0 Å². The Hall–Kier alpha value is -2.78. The number of H-pyrrole nitrogens is 1. The minimum absolute atomic E-state index is 0.132. The molecule has 0 radical (unpaired) electrons. The summed E-state index contributed by atoms with van der Waals surface area (Å²) in [5.41, 5.74) is 1.16. The lowest BCUT2D eigenvalue weighted by Crippen LogP contribution is -2.26. The van der Waals surface area contributed by atoms with E-state index in [9.17, 15) is 13.2 Å². The highest BCUT2D eigenvalue weighted by Crippen LogP contribution is 2.35. The topological polar surface area (TPSA) is 91.1 Å². The molecule has 0 saturated carbocycles. The minimum atomic E-state index is -4.38. The van der Waals surface area contributed by atoms with Crippen molar-refractivity contribution in [1.29, 1.82) is 0 Å². The van der Waals surface area contributed by atoms with Crippen molar-refractivity contribution in [3.8, 4) is 0 Å². The number of carbonyl (C=O) groups excluding carboxylic acids is 1. The van der Waals surface area contributed by atoms with E-state index in [1.54, 1.807) is 12.1 Å². The van der Waals surface area contributed by atoms with Gasteiger partial charge >= 0.3 is 0 Å². The second-order valence-electron chi connectivity index (χ2n) is 7.69. The molecule has 0 saturated heterocycles. The van der Waals surface area contributed by atoms with Crippen molar-refractivity contribution in [2.75, 3.05) is 11.3 Å². The Labute approximate surface area is 216 Å². The predicted molar refractivity (Wildman–Crippen MR) is 138 cm³/mol. The fourth-order valence-corrected chi connectivity index (χ4v) is 5.45. The van der Waals surface area contributed by atoms with Gasteiger partial charge < -0.3 is 10.3 Å². The van der Waals surface area contributed by atoms with E-state index >= 15 is 4.39 Å². The third-order valence-corrected chi connectivity index (χ3v) is 7.57. The monoisotopic (exact) mass is 553 g/mol. The number of aryl methyl sites for hydroxylation is 1. The number of carbonyl (C=O) groups is 1. The predicted octanol–water partition coefficient (Wildman–Crippen LogP) is 6.43. The molecule has 0 atom stereocenters. The summed E-state index contributed by atoms with van der Waals surface area (Å²) >= 11 is 18.1. The molecule has 4 rings (SSSR count). The molecule has 0 fully saturated rings. The first-order chi connectivity index (χ1) is 16.7. The number of rotatable bonds is 8. The maximum Gasteiger partial charge on any atom is 0.264 e. The summed E-state index contributed by atoms with van der Waals surface area (Å²) in [6.45, 7) is 0.284. The molecule has 11 heteroatoms. The molecule has 3 N–H and O–H groups in total. The van der Waals surface area contributed by atoms with Gasteiger partial charge in [-0.2, -0.15) is 0 Å². The first kappa shape index (κ1) is 25.3. The van der Waals surface area contributed by atoms with Crippen molar-refractivity contribution >= 4 is 67.3 Å². The molecule has 4 aromatic rings. The van der Waals surface area contributed by atoms with Gasteiger partial charge in [0.05, 0.1) is 26.8 Å². The van der Waals surface area contributed by atoms with E-state index < -0.39 is 26.6 Å². The average molecular weight is 555 g/mol. The Morgan fingerprint density at radius 2 is 1.71 bits per heavy atom. The molecule has 1 heterocycles. The van der Waals surface area contributed by atoms with Crippen LogP contribution in [0.15, 0.2) is 65.7 Å². The third kappa shape index (κ3) is 5.56. The summed E-state index contributed by atoms with van der Waals surface area (Å²) in [5, 5.41) is 4.34. The Morgan fingerprint density at radius 3 is 2.46 bits per heavy atom. The molecule has 6 nitrogen and oxygen atoms in total. The molecule has 35 heavy (non-hydrogen) atoms. The number of sulfonamides is 1. The summed E-state index contributed by atoms with van der Waals surface area (Å²) in [4.78, 5) is 14.7. The lowest BCUT2D eigenvalue weighted by molar-refractivity contribution is 0.0948. The van der Waals surface area contributed by atoms with Crippen molar-refractivity contribution in [1.82, 2.24) is 10.3 Å². The van der Waals surface area contributed by atoms with Crippen molar-refractivity contribution in [2.24, 2.45) is 0 Å². The van der Waals surface area contributed by atoms with Gasteiger partial charge in [0.25, 0.3) is 15.9 Å². The quantitative estimate of drug-likeness (QED) is 0.219. The summed E-state index contributed by atoms with van der Waals surface area (Å²) in [6.07, 6.45) is 2.77. The molecule has 182 valence electrons. The van der Waals surface area contributed by atoms with Gasteiger partial charge in [0.1, 0.15) is 4.90 Å². The van der Waals surface area contributed by atoms with E-state index in [1.165, 1.54) is 30.5 Å². The standard InChI is InChI=1S/C24H19Cl3FN3O3S/c25-15-8-6-14(7-9-15)3-2-12-29-24(32)16-4-1-5-20(22(16)28)35(33,34)31-19-11-10-17(26)21-18(27)13-30-23(19)21/h1,4-11,13,30-31H,2-3,12H2,(H,29,32). The number of hydrogen-bond acceptors (Lipinski definition) is 3. The highest BCUT2D eigenvalue weighted by molar-refractivity contribution is 7.92. The molecule has 0 aliphatic rings. The van der Waals surface area contributed by atoms with Crippen LogP contribution in [0.2, 0.25) is 15.1 Å². The molecule has 0 aliphatic carbocycles. The summed E-state index contributed by atoms with van der Waals surface area (Å²) < 4.78 is 43.5. The Balaban J connectivity index is 1.48. The highest BCUT2D eigenvalue weighted by Gasteiger charge is 2.25. The summed E-state index contributed by atoms with van der Waals surface area (Å²) in [5.74, 6) is -1.86. The van der Waals surface area contributed by atoms with Crippen LogP contribution in [0.3, 0.4) is 0 Å². The molecular weight excluding hydrogens is 536 g/mol. The van der Waals surface area contributed by atoms with Gasteiger partial charge in [-0.1, -0.05) is 53.0 Å². The van der Waals surface area contributed by atoms with Crippen LogP contribution in [-0.2, 0) is 16.4 Å². The number of aromatic nitrogens is 1. The number of anilines is 1. The van der Waals surface area contributed by atoms with E-state index in [0.29, 0.717) is 38.8 Å². The largest absolute Gasteiger partial charge is 0.358 e. The lowest BCUT2D eigenvalue weighted by atomic mass is 10.1. The van der Waals surface area contributed by atoms with Crippen molar-refractivity contribution in [3.63, 3.8) is 0 Å². The molecule has 1 aromatic heterocycles. The molecule has 0 spiro atoms. The van der Waals surface area contributed by atoms with Gasteiger partial charge in [-0.05, 0) is 54.8 Å². The second kappa shape index (κ2) is 10.5. The second-order valence-corrected chi connectivity index (χ2v) is 10.6. The van der Waals surface area contributed by atoms with Crippen LogP contribution in [-0.4, -0.2) is 25.9 Å². The Kier molecular flexibility index (Phi) is 7.56. The lowest BCUT2D eigenvalue weighted by Gasteiger charge is -2.12. The number of halogens is 4. The average Bonchev–Trinajstić information content (AvgIpc) is 3.22. The van der Waals surface area contributed by atoms with Gasteiger partial charge in [-0.15, -0.1) is 0 Å². The zero-order chi connectivity index (χ0) is 25.2. The minimum Gasteiger partial charge on any atom is -0.358 e. The highest BCUT2D eigenvalue weighted by atomic mass is 35.5. The smallest absolute Gasteiger partial charge is 0.264 e. The number of nitrogens with one attached hydrogen (secondary N) is 3. The van der Waals surface area contributed by atoms with Crippen LogP contribution < -0.4 is 10.0 Å². The van der Waals surface area contributed by atoms with Crippen LogP contribution in [0.1, 0.15) is 22.3 Å². The van der Waals surface area contributed by atoms with E-state index in [0.717, 1.165) is 11.6 Å². The van der Waals surface area contributed by atoms with Gasteiger partial charge in [0.15, 0.2) is 5.82 Å². The summed E-state index contributed by atoms with van der Waals surface area (Å²) in [6, 6.07) is 13.9. The van der Waals surface area contributed by atoms with Crippen molar-refractivity contribution in [2.45, 2.75) is 17.7 Å². The van der Waals surface area contributed by atoms with Crippen LogP contribution in [0.5, 0.6) is 0 Å². The zero-order valence-corrected chi connectivity index (χ0v) is 21.1. The van der Waals surface area contributed by atoms with E-state index in [4.69, 9.17) is 34.8 Å². The number of amides is 1. The molecule has 3 aromatic carbocycles. The van der Waals surface area contributed by atoms with Crippen LogP contribution in [0.4, 0.5) is 10.1 Å². The third-order valence-electron chi connectivity index (χ3n) is 5.32. The van der Waals surface area contributed by atoms with E-state index in [-0.39, 0.29) is 17.8 Å². The number of fused-ring (bicyclic) bond motifs is 1. The maximum atomic E-state index is 15.2. The number of benzene rings is 3. The molecule has 1 amide bonds. The normalized spacial score (nSPS) is 11.5. The van der Waals surface area contributed by atoms with Gasteiger partial charge in [0, 0.05) is 23.2 Å². The van der Waals surface area contributed by atoms with Gasteiger partial charge in [0.2, 0.25) is 0 Å². The van der Waals surface area contributed by atoms with Crippen LogP contribution in [0, 0.1) is 5.82 Å². The summed E-state index contributed by atoms with van der Waals surface area (Å²) in [7, 11) is -4.38. The van der Waals surface area contributed by atoms with Crippen molar-refractivity contribution < 1.29 is 17.6 Å². The first-order valence-electron chi connectivity index (χ1n) is 10.5. The van der Waals surface area contributed by atoms with Crippen LogP contribution >= 0.6 is 34.8 Å². The van der Waals surface area contributed by atoms with E-state index in [1.807, 2.05) is 12.1 Å². The zero-order valence-electron chi connectivity index (χ0n) is 18.0.